The third kappa shape index (κ3) is 2.95. The Bertz CT molecular complexity index is 544. The molecule has 0 aliphatic rings. The van der Waals surface area contributed by atoms with Crippen molar-refractivity contribution in [3.8, 4) is 0 Å². The quantitative estimate of drug-likeness (QED) is 0.852. The second kappa shape index (κ2) is 5.01. The fraction of sp³-hybridized carbons (Fsp3) is 0.300. The van der Waals surface area contributed by atoms with Crippen molar-refractivity contribution in [2.75, 3.05) is 10.1 Å². The summed E-state index contributed by atoms with van der Waals surface area (Å²) < 4.78 is 36.9. The molecule has 4 nitrogen and oxygen atoms in total. The average molecular weight is 280 g/mol. The maximum Gasteiger partial charge on any atom is 0.241 e. The van der Waals surface area contributed by atoms with Gasteiger partial charge in [-0.3, -0.25) is 4.79 Å². The molecule has 0 aliphatic carbocycles. The molecule has 0 aliphatic heterocycles. The first-order chi connectivity index (χ1) is 7.79. The number of carbonyl (C=O) groups is 1. The molecule has 7 heteroatoms. The van der Waals surface area contributed by atoms with Crippen LogP contribution >= 0.6 is 11.6 Å². The van der Waals surface area contributed by atoms with Crippen molar-refractivity contribution in [1.29, 1.82) is 0 Å². The lowest BCUT2D eigenvalue weighted by atomic mass is 10.3. The summed E-state index contributed by atoms with van der Waals surface area (Å²) in [6.45, 7) is 2.51. The van der Waals surface area contributed by atoms with Crippen LogP contribution in [0.1, 0.15) is 13.8 Å². The molecular formula is C10H11ClFNO3S. The van der Waals surface area contributed by atoms with Crippen LogP contribution < -0.4 is 4.31 Å². The molecule has 0 unspecified atom stereocenters. The number of sulfonamides is 1. The minimum atomic E-state index is -3.77. The first kappa shape index (κ1) is 13.9. The third-order valence-corrected chi connectivity index (χ3v) is 4.10. The molecule has 0 heterocycles. The van der Waals surface area contributed by atoms with E-state index in [1.807, 2.05) is 0 Å². The van der Waals surface area contributed by atoms with E-state index in [-0.39, 0.29) is 16.5 Å². The molecule has 94 valence electrons. The van der Waals surface area contributed by atoms with Gasteiger partial charge in [-0.25, -0.2) is 17.1 Å². The number of carbonyl (C=O) groups excluding carboxylic acids is 1. The number of benzene rings is 1. The minimum Gasteiger partial charge on any atom is -0.274 e. The Hall–Kier alpha value is -1.14. The molecule has 0 saturated heterocycles. The molecule has 0 spiro atoms. The van der Waals surface area contributed by atoms with E-state index in [0.29, 0.717) is 4.31 Å². The smallest absolute Gasteiger partial charge is 0.241 e. The Morgan fingerprint density at radius 3 is 2.47 bits per heavy atom. The van der Waals surface area contributed by atoms with Crippen LogP contribution in [0.25, 0.3) is 0 Å². The molecule has 1 aromatic carbocycles. The number of halogens is 2. The minimum absolute atomic E-state index is 0.0394. The van der Waals surface area contributed by atoms with Crippen LogP contribution in [0.2, 0.25) is 5.02 Å². The van der Waals surface area contributed by atoms with Crippen LogP contribution in [-0.4, -0.2) is 20.1 Å². The highest BCUT2D eigenvalue weighted by atomic mass is 35.5. The van der Waals surface area contributed by atoms with Gasteiger partial charge in [-0.05, 0) is 25.1 Å². The van der Waals surface area contributed by atoms with Gasteiger partial charge in [0.2, 0.25) is 15.9 Å². The highest BCUT2D eigenvalue weighted by Gasteiger charge is 2.26. The van der Waals surface area contributed by atoms with Crippen molar-refractivity contribution in [3.05, 3.63) is 29.0 Å². The highest BCUT2D eigenvalue weighted by Crippen LogP contribution is 2.28. The standard InChI is InChI=1S/C10H11ClFNO3S/c1-3-17(15,16)13(7(2)14)10-5-4-8(12)6-9(10)11/h4-6H,3H2,1-2H3. The summed E-state index contributed by atoms with van der Waals surface area (Å²) in [5, 5.41) is -0.128. The zero-order valence-electron chi connectivity index (χ0n) is 9.28. The number of nitrogens with zero attached hydrogens (tertiary/aromatic N) is 1. The lowest BCUT2D eigenvalue weighted by Crippen LogP contribution is -2.36. The highest BCUT2D eigenvalue weighted by molar-refractivity contribution is 7.93. The first-order valence-corrected chi connectivity index (χ1v) is 6.77. The summed E-state index contributed by atoms with van der Waals surface area (Å²) in [6.07, 6.45) is 0. The van der Waals surface area contributed by atoms with Crippen LogP contribution in [0.4, 0.5) is 10.1 Å². The fourth-order valence-corrected chi connectivity index (χ4v) is 2.70. The summed E-state index contributed by atoms with van der Waals surface area (Å²) in [5.74, 6) is -1.54. The van der Waals surface area contributed by atoms with Crippen LogP contribution in [0.3, 0.4) is 0 Å². The lowest BCUT2D eigenvalue weighted by molar-refractivity contribution is -0.115. The Balaban J connectivity index is 3.40. The Morgan fingerprint density at radius 2 is 2.06 bits per heavy atom. The molecule has 0 bridgehead atoms. The molecule has 1 aromatic rings. The SMILES string of the molecule is CCS(=O)(=O)N(C(C)=O)c1ccc(F)cc1Cl. The van der Waals surface area contributed by atoms with Gasteiger partial charge in [-0.1, -0.05) is 11.6 Å². The summed E-state index contributed by atoms with van der Waals surface area (Å²) in [5.41, 5.74) is -0.0394. The van der Waals surface area contributed by atoms with Gasteiger partial charge in [0, 0.05) is 6.92 Å². The number of hydrogen-bond donors (Lipinski definition) is 0. The van der Waals surface area contributed by atoms with Crippen molar-refractivity contribution in [2.45, 2.75) is 13.8 Å². The van der Waals surface area contributed by atoms with Crippen molar-refractivity contribution in [1.82, 2.24) is 0 Å². The zero-order valence-corrected chi connectivity index (χ0v) is 10.8. The molecule has 1 rings (SSSR count). The van der Waals surface area contributed by atoms with E-state index in [2.05, 4.69) is 0 Å². The third-order valence-electron chi connectivity index (χ3n) is 2.06. The molecule has 17 heavy (non-hydrogen) atoms. The van der Waals surface area contributed by atoms with Crippen LogP contribution in [-0.2, 0) is 14.8 Å². The van der Waals surface area contributed by atoms with E-state index >= 15 is 0 Å². The van der Waals surface area contributed by atoms with E-state index in [9.17, 15) is 17.6 Å². The second-order valence-electron chi connectivity index (χ2n) is 3.28. The van der Waals surface area contributed by atoms with E-state index in [0.717, 1.165) is 25.1 Å². The molecule has 1 amide bonds. The van der Waals surface area contributed by atoms with Crippen molar-refractivity contribution in [2.24, 2.45) is 0 Å². The molecular weight excluding hydrogens is 269 g/mol. The van der Waals surface area contributed by atoms with E-state index in [1.165, 1.54) is 6.92 Å². The summed E-state index contributed by atoms with van der Waals surface area (Å²) >= 11 is 5.73. The Labute approximate surface area is 104 Å². The normalized spacial score (nSPS) is 11.3. The topological polar surface area (TPSA) is 54.5 Å². The van der Waals surface area contributed by atoms with Gasteiger partial charge in [-0.2, -0.15) is 0 Å². The van der Waals surface area contributed by atoms with E-state index in [4.69, 9.17) is 11.6 Å². The number of hydrogen-bond acceptors (Lipinski definition) is 3. The van der Waals surface area contributed by atoms with Gasteiger partial charge >= 0.3 is 0 Å². The van der Waals surface area contributed by atoms with Crippen LogP contribution in [0, 0.1) is 5.82 Å². The van der Waals surface area contributed by atoms with Gasteiger partial charge in [-0.15, -0.1) is 0 Å². The maximum atomic E-state index is 12.9. The molecule has 0 fully saturated rings. The summed E-state index contributed by atoms with van der Waals surface area (Å²) in [7, 11) is -3.77. The van der Waals surface area contributed by atoms with Gasteiger partial charge in [0.05, 0.1) is 16.5 Å². The molecule has 0 aromatic heterocycles. The average Bonchev–Trinajstić information content (AvgIpc) is 2.21. The van der Waals surface area contributed by atoms with Crippen molar-refractivity contribution < 1.29 is 17.6 Å². The first-order valence-electron chi connectivity index (χ1n) is 4.78. The molecule has 0 saturated carbocycles. The van der Waals surface area contributed by atoms with E-state index in [1.54, 1.807) is 0 Å². The van der Waals surface area contributed by atoms with Gasteiger partial charge in [0.15, 0.2) is 0 Å². The van der Waals surface area contributed by atoms with Crippen LogP contribution in [0.15, 0.2) is 18.2 Å². The molecule has 0 radical (unpaired) electrons. The van der Waals surface area contributed by atoms with Crippen molar-refractivity contribution >= 4 is 33.2 Å². The molecule has 0 N–H and O–H groups in total. The van der Waals surface area contributed by atoms with E-state index < -0.39 is 21.7 Å². The number of amides is 1. The predicted molar refractivity (Wildman–Crippen MR) is 64.0 cm³/mol. The maximum absolute atomic E-state index is 12.9. The number of rotatable bonds is 3. The van der Waals surface area contributed by atoms with Gasteiger partial charge < -0.3 is 0 Å². The van der Waals surface area contributed by atoms with Crippen LogP contribution in [0.5, 0.6) is 0 Å². The largest absolute Gasteiger partial charge is 0.274 e. The fourth-order valence-electron chi connectivity index (χ4n) is 1.29. The Morgan fingerprint density at radius 1 is 1.47 bits per heavy atom. The van der Waals surface area contributed by atoms with Crippen molar-refractivity contribution in [3.63, 3.8) is 0 Å². The van der Waals surface area contributed by atoms with Gasteiger partial charge in [0.1, 0.15) is 5.82 Å². The zero-order chi connectivity index (χ0) is 13.2. The summed E-state index contributed by atoms with van der Waals surface area (Å²) in [6, 6.07) is 3.16. The molecule has 0 atom stereocenters. The van der Waals surface area contributed by atoms with Gasteiger partial charge in [0.25, 0.3) is 0 Å². The lowest BCUT2D eigenvalue weighted by Gasteiger charge is -2.21. The summed E-state index contributed by atoms with van der Waals surface area (Å²) in [4.78, 5) is 11.4. The Kier molecular flexibility index (Phi) is 4.11. The predicted octanol–water partition coefficient (Wildman–Crippen LogP) is 2.18. The number of anilines is 1. The second-order valence-corrected chi connectivity index (χ2v) is 5.79. The monoisotopic (exact) mass is 279 g/mol.